The Kier molecular flexibility index (Phi) is 4.88. The van der Waals surface area contributed by atoms with Crippen LogP contribution in [-0.2, 0) is 11.3 Å². The second-order valence-electron chi connectivity index (χ2n) is 6.38. The van der Waals surface area contributed by atoms with Gasteiger partial charge in [0.25, 0.3) is 5.56 Å². The first-order valence-corrected chi connectivity index (χ1v) is 8.74. The van der Waals surface area contributed by atoms with Crippen LogP contribution in [0.5, 0.6) is 0 Å². The summed E-state index contributed by atoms with van der Waals surface area (Å²) >= 11 is 0. The van der Waals surface area contributed by atoms with Gasteiger partial charge in [0.1, 0.15) is 18.3 Å². The van der Waals surface area contributed by atoms with Gasteiger partial charge in [0.15, 0.2) is 5.65 Å². The van der Waals surface area contributed by atoms with E-state index in [1.54, 1.807) is 9.58 Å². The smallest absolute Gasteiger partial charge is 0.264 e. The molecule has 3 aromatic rings. The van der Waals surface area contributed by atoms with Crippen LogP contribution in [0.4, 0.5) is 0 Å². The minimum absolute atomic E-state index is 0.0157. The van der Waals surface area contributed by atoms with Gasteiger partial charge in [0, 0.05) is 13.1 Å². The molecule has 3 rings (SSSR count). The predicted octanol–water partition coefficient (Wildman–Crippen LogP) is 2.07. The van der Waals surface area contributed by atoms with Gasteiger partial charge in [-0.15, -0.1) is 0 Å². The van der Waals surface area contributed by atoms with Gasteiger partial charge in [-0.05, 0) is 51.0 Å². The molecule has 1 amide bonds. The highest BCUT2D eigenvalue weighted by Gasteiger charge is 2.15. The zero-order chi connectivity index (χ0) is 18.8. The number of aryl methyl sites for hydroxylation is 2. The van der Waals surface area contributed by atoms with Crippen molar-refractivity contribution < 1.29 is 4.79 Å². The zero-order valence-corrected chi connectivity index (χ0v) is 15.6. The van der Waals surface area contributed by atoms with Crippen molar-refractivity contribution in [1.82, 2.24) is 24.2 Å². The molecule has 26 heavy (non-hydrogen) atoms. The summed E-state index contributed by atoms with van der Waals surface area (Å²) in [5.41, 5.74) is 3.32. The van der Waals surface area contributed by atoms with Crippen molar-refractivity contribution in [1.29, 1.82) is 0 Å². The van der Waals surface area contributed by atoms with Crippen LogP contribution in [0.15, 0.2) is 35.5 Å². The summed E-state index contributed by atoms with van der Waals surface area (Å²) in [7, 11) is 0. The number of fused-ring (bicyclic) bond motifs is 1. The van der Waals surface area contributed by atoms with Gasteiger partial charge in [-0.2, -0.15) is 5.10 Å². The summed E-state index contributed by atoms with van der Waals surface area (Å²) in [5.74, 6) is -0.0973. The Balaban J connectivity index is 2.02. The predicted molar refractivity (Wildman–Crippen MR) is 101 cm³/mol. The molecular formula is C19H23N5O2. The van der Waals surface area contributed by atoms with Crippen LogP contribution < -0.4 is 5.56 Å². The van der Waals surface area contributed by atoms with Crippen LogP contribution in [0.25, 0.3) is 16.7 Å². The van der Waals surface area contributed by atoms with Crippen LogP contribution in [0.3, 0.4) is 0 Å². The van der Waals surface area contributed by atoms with Gasteiger partial charge >= 0.3 is 0 Å². The Hall–Kier alpha value is -2.96. The lowest BCUT2D eigenvalue weighted by Gasteiger charge is -2.18. The number of rotatable bonds is 5. The van der Waals surface area contributed by atoms with E-state index in [4.69, 9.17) is 0 Å². The van der Waals surface area contributed by atoms with E-state index in [-0.39, 0.29) is 18.0 Å². The maximum atomic E-state index is 12.7. The zero-order valence-electron chi connectivity index (χ0n) is 15.6. The first-order valence-electron chi connectivity index (χ1n) is 8.74. The Morgan fingerprint density at radius 1 is 1.12 bits per heavy atom. The Labute approximate surface area is 151 Å². The second-order valence-corrected chi connectivity index (χ2v) is 6.38. The highest BCUT2D eigenvalue weighted by Crippen LogP contribution is 2.17. The first kappa shape index (κ1) is 17.8. The molecule has 7 nitrogen and oxygen atoms in total. The maximum Gasteiger partial charge on any atom is 0.264 e. The monoisotopic (exact) mass is 353 g/mol. The molecule has 0 aliphatic rings. The number of nitrogens with zero attached hydrogens (tertiary/aromatic N) is 5. The number of carbonyl (C=O) groups is 1. The lowest BCUT2D eigenvalue weighted by molar-refractivity contribution is -0.131. The molecule has 0 atom stereocenters. The first-order chi connectivity index (χ1) is 12.4. The van der Waals surface area contributed by atoms with Crippen LogP contribution >= 0.6 is 0 Å². The van der Waals surface area contributed by atoms with Crippen molar-refractivity contribution in [2.24, 2.45) is 0 Å². The van der Waals surface area contributed by atoms with Crippen molar-refractivity contribution in [3.05, 3.63) is 52.2 Å². The summed E-state index contributed by atoms with van der Waals surface area (Å²) in [4.78, 5) is 31.1. The molecule has 0 saturated heterocycles. The summed E-state index contributed by atoms with van der Waals surface area (Å²) in [5, 5.41) is 4.74. The van der Waals surface area contributed by atoms with Gasteiger partial charge in [-0.25, -0.2) is 9.67 Å². The van der Waals surface area contributed by atoms with Crippen LogP contribution in [0.2, 0.25) is 0 Å². The molecule has 0 N–H and O–H groups in total. The average Bonchev–Trinajstić information content (AvgIpc) is 3.02. The second kappa shape index (κ2) is 7.11. The fraction of sp³-hybridized carbons (Fsp3) is 0.368. The molecule has 0 saturated carbocycles. The molecule has 0 bridgehead atoms. The molecule has 0 spiro atoms. The summed E-state index contributed by atoms with van der Waals surface area (Å²) in [6.07, 6.45) is 2.94. The van der Waals surface area contributed by atoms with E-state index in [1.165, 1.54) is 17.1 Å². The highest BCUT2D eigenvalue weighted by atomic mass is 16.2. The van der Waals surface area contributed by atoms with E-state index in [1.807, 2.05) is 39.8 Å². The Morgan fingerprint density at radius 3 is 2.38 bits per heavy atom. The van der Waals surface area contributed by atoms with Gasteiger partial charge in [0.2, 0.25) is 5.91 Å². The van der Waals surface area contributed by atoms with Crippen LogP contribution in [-0.4, -0.2) is 43.2 Å². The van der Waals surface area contributed by atoms with E-state index in [0.29, 0.717) is 24.1 Å². The number of benzene rings is 1. The van der Waals surface area contributed by atoms with Crippen molar-refractivity contribution in [3.8, 4) is 5.69 Å². The Bertz CT molecular complexity index is 994. The van der Waals surface area contributed by atoms with Crippen molar-refractivity contribution >= 4 is 16.9 Å². The number of likely N-dealkylation sites (N-methyl/N-ethyl adjacent to an activating group) is 1. The molecule has 136 valence electrons. The van der Waals surface area contributed by atoms with Crippen LogP contribution in [0, 0.1) is 13.8 Å². The number of hydrogen-bond donors (Lipinski definition) is 0. The SMILES string of the molecule is CCN(CC)C(=O)Cn1cnc2c(cnn2-c2cc(C)cc(C)c2)c1=O. The van der Waals surface area contributed by atoms with Gasteiger partial charge < -0.3 is 4.90 Å². The van der Waals surface area contributed by atoms with E-state index in [9.17, 15) is 9.59 Å². The molecule has 2 aromatic heterocycles. The maximum absolute atomic E-state index is 12.7. The van der Waals surface area contributed by atoms with Gasteiger partial charge in [0.05, 0.1) is 11.9 Å². The van der Waals surface area contributed by atoms with E-state index < -0.39 is 0 Å². The van der Waals surface area contributed by atoms with Crippen molar-refractivity contribution in [2.75, 3.05) is 13.1 Å². The largest absolute Gasteiger partial charge is 0.342 e. The molecule has 0 aliphatic carbocycles. The van der Waals surface area contributed by atoms with Crippen molar-refractivity contribution in [3.63, 3.8) is 0 Å². The van der Waals surface area contributed by atoms with E-state index >= 15 is 0 Å². The molecule has 0 fully saturated rings. The molecule has 0 aliphatic heterocycles. The van der Waals surface area contributed by atoms with Gasteiger partial charge in [-0.1, -0.05) is 6.07 Å². The average molecular weight is 353 g/mol. The summed E-state index contributed by atoms with van der Waals surface area (Å²) in [6, 6.07) is 6.07. The molecular weight excluding hydrogens is 330 g/mol. The summed E-state index contributed by atoms with van der Waals surface area (Å²) < 4.78 is 3.00. The number of carbonyl (C=O) groups excluding carboxylic acids is 1. The lowest BCUT2D eigenvalue weighted by Crippen LogP contribution is -2.36. The van der Waals surface area contributed by atoms with E-state index in [2.05, 4.69) is 16.1 Å². The molecule has 7 heteroatoms. The highest BCUT2D eigenvalue weighted by molar-refractivity contribution is 5.78. The number of amides is 1. The summed E-state index contributed by atoms with van der Waals surface area (Å²) in [6.45, 7) is 9.08. The standard InChI is InChI=1S/C19H23N5O2/c1-5-22(6-2)17(25)11-23-12-20-18-16(19(23)26)10-21-24(18)15-8-13(3)7-14(4)9-15/h7-10,12H,5-6,11H2,1-4H3. The third-order valence-corrected chi connectivity index (χ3v) is 4.43. The quantitative estimate of drug-likeness (QED) is 0.704. The number of hydrogen-bond acceptors (Lipinski definition) is 4. The van der Waals surface area contributed by atoms with E-state index in [0.717, 1.165) is 16.8 Å². The molecule has 1 aromatic carbocycles. The number of aromatic nitrogens is 4. The molecule has 2 heterocycles. The third kappa shape index (κ3) is 3.24. The third-order valence-electron chi connectivity index (χ3n) is 4.43. The lowest BCUT2D eigenvalue weighted by atomic mass is 10.1. The van der Waals surface area contributed by atoms with Crippen molar-refractivity contribution in [2.45, 2.75) is 34.2 Å². The normalized spacial score (nSPS) is 11.1. The molecule has 0 radical (unpaired) electrons. The fourth-order valence-corrected chi connectivity index (χ4v) is 3.15. The molecule has 0 unspecified atom stereocenters. The minimum Gasteiger partial charge on any atom is -0.342 e. The van der Waals surface area contributed by atoms with Crippen LogP contribution in [0.1, 0.15) is 25.0 Å². The minimum atomic E-state index is -0.258. The Morgan fingerprint density at radius 2 is 1.77 bits per heavy atom. The fourth-order valence-electron chi connectivity index (χ4n) is 3.15. The topological polar surface area (TPSA) is 73.0 Å². The van der Waals surface area contributed by atoms with Gasteiger partial charge in [-0.3, -0.25) is 14.2 Å².